The van der Waals surface area contributed by atoms with Gasteiger partial charge in [-0.25, -0.2) is 0 Å². The molecule has 15 heavy (non-hydrogen) atoms. The van der Waals surface area contributed by atoms with Crippen molar-refractivity contribution in [2.45, 2.75) is 6.92 Å². The molecule has 1 N–H and O–H groups in total. The molecule has 0 aliphatic carbocycles. The lowest BCUT2D eigenvalue weighted by atomic mass is 10.2. The summed E-state index contributed by atoms with van der Waals surface area (Å²) < 4.78 is 11.1. The molecule has 1 aromatic rings. The van der Waals surface area contributed by atoms with Crippen molar-refractivity contribution in [1.29, 1.82) is 0 Å². The average Bonchev–Trinajstić information content (AvgIpc) is 2.19. The van der Waals surface area contributed by atoms with Crippen molar-refractivity contribution in [3.63, 3.8) is 0 Å². The molecule has 0 saturated heterocycles. The third-order valence-corrected chi connectivity index (χ3v) is 2.41. The average molecular weight is 274 g/mol. The largest absolute Gasteiger partial charge is 0.492 e. The molecule has 0 aliphatic heterocycles. The Morgan fingerprint density at radius 1 is 1.27 bits per heavy atom. The number of carbonyl (C=O) groups is 1. The molecule has 0 spiro atoms. The minimum atomic E-state index is -0.155. The Labute approximate surface area is 96.7 Å². The van der Waals surface area contributed by atoms with E-state index in [0.717, 1.165) is 4.47 Å². The minimum absolute atomic E-state index is 0.155. The van der Waals surface area contributed by atoms with Crippen molar-refractivity contribution in [3.8, 4) is 11.5 Å². The molecular weight excluding hydrogens is 262 g/mol. The number of carbonyl (C=O) groups excluding carboxylic acids is 1. The molecule has 0 bridgehead atoms. The molecule has 0 atom stereocenters. The molecular formula is C10H12BrNO3. The Bertz CT molecular complexity index is 379. The maximum atomic E-state index is 10.9. The Balaban J connectivity index is 3.22. The van der Waals surface area contributed by atoms with Crippen LogP contribution < -0.4 is 14.8 Å². The Morgan fingerprint density at radius 2 is 1.87 bits per heavy atom. The number of methoxy groups -OCH3 is 2. The highest BCUT2D eigenvalue weighted by Crippen LogP contribution is 2.40. The molecule has 1 amide bonds. The number of amides is 1. The van der Waals surface area contributed by atoms with Crippen LogP contribution in [0.3, 0.4) is 0 Å². The molecule has 0 unspecified atom stereocenters. The summed E-state index contributed by atoms with van der Waals surface area (Å²) in [5.41, 5.74) is 0.588. The van der Waals surface area contributed by atoms with Gasteiger partial charge in [-0.15, -0.1) is 0 Å². The van der Waals surface area contributed by atoms with Gasteiger partial charge in [-0.05, 0) is 28.1 Å². The van der Waals surface area contributed by atoms with Gasteiger partial charge in [-0.2, -0.15) is 0 Å². The van der Waals surface area contributed by atoms with Crippen LogP contribution in [0.25, 0.3) is 0 Å². The number of rotatable bonds is 3. The molecule has 0 aliphatic rings. The van der Waals surface area contributed by atoms with E-state index in [1.807, 2.05) is 0 Å². The lowest BCUT2D eigenvalue weighted by molar-refractivity contribution is -0.114. The van der Waals surface area contributed by atoms with Crippen molar-refractivity contribution in [2.24, 2.45) is 0 Å². The van der Waals surface area contributed by atoms with Gasteiger partial charge in [0.15, 0.2) is 11.5 Å². The number of hydrogen-bond acceptors (Lipinski definition) is 3. The summed E-state index contributed by atoms with van der Waals surface area (Å²) in [5.74, 6) is 0.906. The zero-order chi connectivity index (χ0) is 11.4. The second-order valence-electron chi connectivity index (χ2n) is 2.84. The van der Waals surface area contributed by atoms with Crippen LogP contribution in [0.15, 0.2) is 16.6 Å². The van der Waals surface area contributed by atoms with Crippen LogP contribution in [-0.4, -0.2) is 20.1 Å². The van der Waals surface area contributed by atoms with Crippen LogP contribution in [0.5, 0.6) is 11.5 Å². The van der Waals surface area contributed by atoms with Crippen LogP contribution in [-0.2, 0) is 4.79 Å². The van der Waals surface area contributed by atoms with Crippen molar-refractivity contribution in [2.75, 3.05) is 19.5 Å². The summed E-state index contributed by atoms with van der Waals surface area (Å²) in [6, 6.07) is 3.53. The normalized spacial score (nSPS) is 9.60. The van der Waals surface area contributed by atoms with Crippen LogP contribution in [0.2, 0.25) is 0 Å². The first kappa shape index (κ1) is 11.8. The molecule has 0 radical (unpaired) electrons. The van der Waals surface area contributed by atoms with Gasteiger partial charge in [-0.3, -0.25) is 4.79 Å². The van der Waals surface area contributed by atoms with Gasteiger partial charge in [0.25, 0.3) is 0 Å². The predicted octanol–water partition coefficient (Wildman–Crippen LogP) is 2.42. The van der Waals surface area contributed by atoms with Gasteiger partial charge in [0.2, 0.25) is 5.91 Å². The van der Waals surface area contributed by atoms with Crippen molar-refractivity contribution < 1.29 is 14.3 Å². The third-order valence-electron chi connectivity index (χ3n) is 1.78. The molecule has 1 rings (SSSR count). The first-order chi connectivity index (χ1) is 7.10. The number of ether oxygens (including phenoxy) is 2. The highest BCUT2D eigenvalue weighted by atomic mass is 79.9. The molecule has 1 aromatic carbocycles. The second kappa shape index (κ2) is 5.02. The zero-order valence-electron chi connectivity index (χ0n) is 8.76. The van der Waals surface area contributed by atoms with Crippen molar-refractivity contribution >= 4 is 27.5 Å². The number of halogens is 1. The fraction of sp³-hybridized carbons (Fsp3) is 0.300. The Morgan fingerprint density at radius 3 is 2.33 bits per heavy atom. The molecule has 0 saturated carbocycles. The van der Waals surface area contributed by atoms with Crippen LogP contribution in [0, 0.1) is 0 Å². The third kappa shape index (κ3) is 2.62. The van der Waals surface area contributed by atoms with E-state index in [2.05, 4.69) is 21.2 Å². The second-order valence-corrected chi connectivity index (χ2v) is 3.70. The summed E-state index contributed by atoms with van der Waals surface area (Å²) in [6.07, 6.45) is 0. The fourth-order valence-electron chi connectivity index (χ4n) is 1.22. The van der Waals surface area contributed by atoms with Gasteiger partial charge >= 0.3 is 0 Å². The number of nitrogens with one attached hydrogen (secondary N) is 1. The van der Waals surface area contributed by atoms with Gasteiger partial charge in [0.05, 0.1) is 24.4 Å². The fourth-order valence-corrected chi connectivity index (χ4v) is 1.69. The smallest absolute Gasteiger partial charge is 0.221 e. The molecule has 5 heteroatoms. The van der Waals surface area contributed by atoms with E-state index in [4.69, 9.17) is 9.47 Å². The molecule has 0 fully saturated rings. The Hall–Kier alpha value is -1.23. The summed E-state index contributed by atoms with van der Waals surface area (Å²) in [7, 11) is 3.07. The topological polar surface area (TPSA) is 47.6 Å². The summed E-state index contributed by atoms with van der Waals surface area (Å²) >= 11 is 3.33. The summed E-state index contributed by atoms with van der Waals surface area (Å²) in [4.78, 5) is 10.9. The molecule has 4 nitrogen and oxygen atoms in total. The predicted molar refractivity (Wildman–Crippen MR) is 61.5 cm³/mol. The van der Waals surface area contributed by atoms with E-state index in [-0.39, 0.29) is 5.91 Å². The van der Waals surface area contributed by atoms with Crippen LogP contribution in [0.4, 0.5) is 5.69 Å². The maximum absolute atomic E-state index is 10.9. The van der Waals surface area contributed by atoms with Crippen molar-refractivity contribution in [3.05, 3.63) is 16.6 Å². The van der Waals surface area contributed by atoms with E-state index in [1.165, 1.54) is 14.0 Å². The van der Waals surface area contributed by atoms with Crippen molar-refractivity contribution in [1.82, 2.24) is 0 Å². The summed E-state index contributed by atoms with van der Waals surface area (Å²) in [6.45, 7) is 1.44. The van der Waals surface area contributed by atoms with Crippen LogP contribution >= 0.6 is 15.9 Å². The van der Waals surface area contributed by atoms with Gasteiger partial charge in [0.1, 0.15) is 0 Å². The zero-order valence-corrected chi connectivity index (χ0v) is 10.3. The lowest BCUT2D eigenvalue weighted by Crippen LogP contribution is -2.07. The van der Waals surface area contributed by atoms with E-state index in [9.17, 15) is 4.79 Å². The quantitative estimate of drug-likeness (QED) is 0.920. The maximum Gasteiger partial charge on any atom is 0.221 e. The number of hydrogen-bond donors (Lipinski definition) is 1. The lowest BCUT2D eigenvalue weighted by Gasteiger charge is -2.13. The first-order valence-electron chi connectivity index (χ1n) is 4.28. The molecule has 0 aromatic heterocycles. The van der Waals surface area contributed by atoms with Crippen LogP contribution in [0.1, 0.15) is 6.92 Å². The van der Waals surface area contributed by atoms with Gasteiger partial charge in [-0.1, -0.05) is 0 Å². The van der Waals surface area contributed by atoms with E-state index < -0.39 is 0 Å². The van der Waals surface area contributed by atoms with E-state index >= 15 is 0 Å². The van der Waals surface area contributed by atoms with E-state index in [0.29, 0.717) is 17.2 Å². The highest BCUT2D eigenvalue weighted by Gasteiger charge is 2.13. The van der Waals surface area contributed by atoms with Gasteiger partial charge in [0, 0.05) is 6.92 Å². The SMILES string of the molecule is COc1c(Br)ccc(NC(C)=O)c1OC. The van der Waals surface area contributed by atoms with E-state index in [1.54, 1.807) is 19.2 Å². The standard InChI is InChI=1S/C10H12BrNO3/c1-6(13)12-8-5-4-7(11)9(14-2)10(8)15-3/h4-5H,1-3H3,(H,12,13). The van der Waals surface area contributed by atoms with Gasteiger partial charge < -0.3 is 14.8 Å². The molecule has 0 heterocycles. The number of anilines is 1. The molecule has 82 valence electrons. The first-order valence-corrected chi connectivity index (χ1v) is 5.07. The number of benzene rings is 1. The minimum Gasteiger partial charge on any atom is -0.492 e. The summed E-state index contributed by atoms with van der Waals surface area (Å²) in [5, 5.41) is 2.66. The monoisotopic (exact) mass is 273 g/mol. The highest BCUT2D eigenvalue weighted by molar-refractivity contribution is 9.10. The Kier molecular flexibility index (Phi) is 3.96.